The smallest absolute Gasteiger partial charge is 0.192 e. The van der Waals surface area contributed by atoms with Crippen molar-refractivity contribution in [3.8, 4) is 0 Å². The van der Waals surface area contributed by atoms with Crippen molar-refractivity contribution in [3.05, 3.63) is 30.3 Å². The zero-order chi connectivity index (χ0) is 10.7. The van der Waals surface area contributed by atoms with E-state index in [4.69, 9.17) is 4.28 Å². The van der Waals surface area contributed by atoms with Gasteiger partial charge in [-0.25, -0.2) is 0 Å². The van der Waals surface area contributed by atoms with E-state index in [-0.39, 0.29) is 4.90 Å². The highest BCUT2D eigenvalue weighted by Crippen LogP contribution is 2.16. The summed E-state index contributed by atoms with van der Waals surface area (Å²) in [6, 6.07) is 8.20. The Balaban J connectivity index is 2.13. The molecule has 2 rings (SSSR count). The lowest BCUT2D eigenvalue weighted by Crippen LogP contribution is -2.24. The van der Waals surface area contributed by atoms with Crippen molar-refractivity contribution in [2.45, 2.75) is 17.7 Å². The largest absolute Gasteiger partial charge is 0.313 e. The highest BCUT2D eigenvalue weighted by Gasteiger charge is 2.22. The van der Waals surface area contributed by atoms with Crippen molar-refractivity contribution in [1.29, 1.82) is 0 Å². The molecule has 0 radical (unpaired) electrons. The Hall–Kier alpha value is -0.910. The topological polar surface area (TPSA) is 46.6 Å². The molecule has 1 aromatic carbocycles. The summed E-state index contributed by atoms with van der Waals surface area (Å²) in [4.78, 5) is 0.205. The zero-order valence-electron chi connectivity index (χ0n) is 8.30. The van der Waals surface area contributed by atoms with E-state index in [1.165, 1.54) is 17.2 Å². The van der Waals surface area contributed by atoms with Crippen LogP contribution in [0.1, 0.15) is 12.8 Å². The Bertz CT molecular complexity index is 410. The van der Waals surface area contributed by atoms with Crippen LogP contribution in [0.3, 0.4) is 0 Å². The summed E-state index contributed by atoms with van der Waals surface area (Å²) < 4.78 is 28.4. The van der Waals surface area contributed by atoms with E-state index in [0.717, 1.165) is 12.8 Å². The molecule has 1 aromatic rings. The van der Waals surface area contributed by atoms with Gasteiger partial charge in [0, 0.05) is 13.1 Å². The molecule has 82 valence electrons. The molecule has 0 saturated carbocycles. The Morgan fingerprint density at radius 3 is 2.27 bits per heavy atom. The summed E-state index contributed by atoms with van der Waals surface area (Å²) in [6.45, 7) is 1.37. The van der Waals surface area contributed by atoms with Crippen LogP contribution in [0.4, 0.5) is 0 Å². The Labute approximate surface area is 89.5 Å². The number of benzene rings is 1. The molecule has 15 heavy (non-hydrogen) atoms. The second-order valence-corrected chi connectivity index (χ2v) is 5.01. The molecule has 0 atom stereocenters. The molecular formula is C10H13NO3S. The minimum atomic E-state index is -3.62. The first-order valence-corrected chi connectivity index (χ1v) is 6.34. The maximum Gasteiger partial charge on any atom is 0.313 e. The fourth-order valence-corrected chi connectivity index (χ4v) is 2.53. The summed E-state index contributed by atoms with van der Waals surface area (Å²) in [5.41, 5.74) is 0. The van der Waals surface area contributed by atoms with Crippen LogP contribution in [0.2, 0.25) is 0 Å². The van der Waals surface area contributed by atoms with Gasteiger partial charge in [0.1, 0.15) is 0 Å². The molecule has 1 aliphatic heterocycles. The van der Waals surface area contributed by atoms with Crippen molar-refractivity contribution >= 4 is 10.1 Å². The number of hydrogen-bond donors (Lipinski definition) is 0. The third-order valence-electron chi connectivity index (χ3n) is 2.30. The van der Waals surface area contributed by atoms with Gasteiger partial charge in [-0.3, -0.25) is 0 Å². The van der Waals surface area contributed by atoms with Gasteiger partial charge in [0.2, 0.25) is 0 Å². The first-order valence-electron chi connectivity index (χ1n) is 4.93. The van der Waals surface area contributed by atoms with Crippen LogP contribution in [0, 0.1) is 0 Å². The molecule has 4 nitrogen and oxygen atoms in total. The van der Waals surface area contributed by atoms with Gasteiger partial charge in [-0.05, 0) is 25.0 Å². The van der Waals surface area contributed by atoms with Crippen molar-refractivity contribution in [1.82, 2.24) is 5.06 Å². The number of nitrogens with zero attached hydrogens (tertiary/aromatic N) is 1. The van der Waals surface area contributed by atoms with Gasteiger partial charge in [0.15, 0.2) is 0 Å². The summed E-state index contributed by atoms with van der Waals surface area (Å²) in [7, 11) is -3.62. The van der Waals surface area contributed by atoms with Gasteiger partial charge >= 0.3 is 10.1 Å². The molecule has 0 aromatic heterocycles. The van der Waals surface area contributed by atoms with Gasteiger partial charge in [0.25, 0.3) is 0 Å². The van der Waals surface area contributed by atoms with Crippen LogP contribution in [-0.2, 0) is 14.4 Å². The molecule has 0 unspecified atom stereocenters. The predicted molar refractivity (Wildman–Crippen MR) is 55.5 cm³/mol. The molecule has 0 aliphatic carbocycles. The Morgan fingerprint density at radius 2 is 1.67 bits per heavy atom. The van der Waals surface area contributed by atoms with Crippen molar-refractivity contribution in [3.63, 3.8) is 0 Å². The van der Waals surface area contributed by atoms with Gasteiger partial charge in [-0.15, -0.1) is 0 Å². The average Bonchev–Trinajstić information content (AvgIpc) is 2.71. The molecule has 0 amide bonds. The molecule has 1 saturated heterocycles. The van der Waals surface area contributed by atoms with Crippen LogP contribution in [0.25, 0.3) is 0 Å². The van der Waals surface area contributed by atoms with Crippen LogP contribution in [0.5, 0.6) is 0 Å². The lowest BCUT2D eigenvalue weighted by molar-refractivity contribution is -0.0270. The fraction of sp³-hybridized carbons (Fsp3) is 0.400. The highest BCUT2D eigenvalue weighted by molar-refractivity contribution is 7.86. The molecule has 0 spiro atoms. The SMILES string of the molecule is O=S(=O)(ON1CCCC1)c1ccccc1. The number of rotatable bonds is 3. The van der Waals surface area contributed by atoms with Crippen molar-refractivity contribution in [2.75, 3.05) is 13.1 Å². The summed E-state index contributed by atoms with van der Waals surface area (Å²) in [6.07, 6.45) is 1.98. The molecule has 1 aliphatic rings. The minimum Gasteiger partial charge on any atom is -0.192 e. The van der Waals surface area contributed by atoms with E-state index < -0.39 is 10.1 Å². The molecule has 0 bridgehead atoms. The van der Waals surface area contributed by atoms with E-state index >= 15 is 0 Å². The first kappa shape index (κ1) is 10.6. The summed E-state index contributed by atoms with van der Waals surface area (Å²) in [5.74, 6) is 0. The number of hydroxylamine groups is 2. The first-order chi connectivity index (χ1) is 7.18. The van der Waals surface area contributed by atoms with Gasteiger partial charge < -0.3 is 0 Å². The third kappa shape index (κ3) is 2.56. The maximum absolute atomic E-state index is 11.7. The molecule has 1 fully saturated rings. The third-order valence-corrected chi connectivity index (χ3v) is 3.56. The van der Waals surface area contributed by atoms with E-state index in [1.807, 2.05) is 0 Å². The Kier molecular flexibility index (Phi) is 3.04. The predicted octanol–water partition coefficient (Wildman–Crippen LogP) is 1.40. The Morgan fingerprint density at radius 1 is 1.07 bits per heavy atom. The van der Waals surface area contributed by atoms with Gasteiger partial charge in [-0.2, -0.15) is 17.8 Å². The van der Waals surface area contributed by atoms with Gasteiger partial charge in [-0.1, -0.05) is 18.2 Å². The van der Waals surface area contributed by atoms with E-state index in [0.29, 0.717) is 13.1 Å². The van der Waals surface area contributed by atoms with Crippen molar-refractivity contribution in [2.24, 2.45) is 0 Å². The second-order valence-electron chi connectivity index (χ2n) is 3.48. The molecule has 1 heterocycles. The van der Waals surface area contributed by atoms with E-state index in [2.05, 4.69) is 0 Å². The normalized spacial score (nSPS) is 18.1. The maximum atomic E-state index is 11.7. The van der Waals surface area contributed by atoms with Crippen LogP contribution >= 0.6 is 0 Å². The van der Waals surface area contributed by atoms with Crippen LogP contribution < -0.4 is 0 Å². The summed E-state index contributed by atoms with van der Waals surface area (Å²) >= 11 is 0. The average molecular weight is 227 g/mol. The fourth-order valence-electron chi connectivity index (χ4n) is 1.53. The standard InChI is InChI=1S/C10H13NO3S/c12-15(13,10-6-2-1-3-7-10)14-11-8-4-5-9-11/h1-3,6-7H,4-5,8-9H2. The van der Waals surface area contributed by atoms with Crippen molar-refractivity contribution < 1.29 is 12.7 Å². The summed E-state index contributed by atoms with van der Waals surface area (Å²) in [5, 5.41) is 1.50. The quantitative estimate of drug-likeness (QED) is 0.783. The highest BCUT2D eigenvalue weighted by atomic mass is 32.2. The second kappa shape index (κ2) is 4.30. The lowest BCUT2D eigenvalue weighted by Gasteiger charge is -2.13. The monoisotopic (exact) mass is 227 g/mol. The van der Waals surface area contributed by atoms with E-state index in [9.17, 15) is 8.42 Å². The van der Waals surface area contributed by atoms with Gasteiger partial charge in [0.05, 0.1) is 4.90 Å². The zero-order valence-corrected chi connectivity index (χ0v) is 9.11. The lowest BCUT2D eigenvalue weighted by atomic mass is 10.4. The van der Waals surface area contributed by atoms with Crippen LogP contribution in [0.15, 0.2) is 35.2 Å². The minimum absolute atomic E-state index is 0.205. The number of hydrogen-bond acceptors (Lipinski definition) is 4. The van der Waals surface area contributed by atoms with Crippen LogP contribution in [-0.4, -0.2) is 26.6 Å². The molecular weight excluding hydrogens is 214 g/mol. The molecule has 5 heteroatoms. The van der Waals surface area contributed by atoms with E-state index in [1.54, 1.807) is 18.2 Å². The molecule has 0 N–H and O–H groups in total.